The second-order valence-corrected chi connectivity index (χ2v) is 8.36. The molecule has 0 saturated heterocycles. The number of carbonyl (C=O) groups is 2. The first-order chi connectivity index (χ1) is 14.8. The first kappa shape index (κ1) is 23.1. The van der Waals surface area contributed by atoms with Crippen molar-refractivity contribution >= 4 is 37.7 Å². The van der Waals surface area contributed by atoms with Crippen LogP contribution in [0.4, 0.5) is 13.6 Å². The second kappa shape index (κ2) is 10.1. The number of para-hydroxylation sites is 1. The third-order valence-electron chi connectivity index (χ3n) is 5.43. The third-order valence-corrected chi connectivity index (χ3v) is 5.90. The summed E-state index contributed by atoms with van der Waals surface area (Å²) in [7, 11) is 3.19. The number of fused-ring (bicyclic) bond motifs is 1. The predicted octanol–water partition coefficient (Wildman–Crippen LogP) is 3.94. The molecule has 3 amide bonds. The quantitative estimate of drug-likeness (QED) is 0.443. The molecule has 0 radical (unpaired) electrons. The van der Waals surface area contributed by atoms with Crippen LogP contribution in [0.2, 0.25) is 0 Å². The summed E-state index contributed by atoms with van der Waals surface area (Å²) >= 11 is 0. The van der Waals surface area contributed by atoms with Crippen molar-refractivity contribution < 1.29 is 18.4 Å². The molecule has 2 aromatic rings. The number of alkyl halides is 2. The van der Waals surface area contributed by atoms with Crippen LogP contribution in [0.15, 0.2) is 36.5 Å². The monoisotopic (exact) mass is 448 g/mol. The Balaban J connectivity index is 1.67. The number of halogens is 2. The Morgan fingerprint density at radius 2 is 2.03 bits per heavy atom. The highest BCUT2D eigenvalue weighted by Gasteiger charge is 2.35. The Morgan fingerprint density at radius 1 is 1.26 bits per heavy atom. The average Bonchev–Trinajstić information content (AvgIpc) is 2.77. The first-order valence-electron chi connectivity index (χ1n) is 10.3. The van der Waals surface area contributed by atoms with Gasteiger partial charge in [-0.25, -0.2) is 13.6 Å². The summed E-state index contributed by atoms with van der Waals surface area (Å²) in [5.74, 6) is -0.895. The van der Waals surface area contributed by atoms with Gasteiger partial charge < -0.3 is 16.0 Å². The van der Waals surface area contributed by atoms with Gasteiger partial charge in [-0.05, 0) is 37.3 Å². The lowest BCUT2D eigenvalue weighted by Gasteiger charge is -2.27. The number of hydrogen-bond acceptors (Lipinski definition) is 3. The van der Waals surface area contributed by atoms with Gasteiger partial charge in [-0.3, -0.25) is 9.78 Å². The molecule has 0 bridgehead atoms. The van der Waals surface area contributed by atoms with E-state index in [-0.39, 0.29) is 11.9 Å². The molecule has 166 valence electrons. The molecule has 6 nitrogen and oxygen atoms in total. The maximum atomic E-state index is 13.6. The molecule has 1 heterocycles. The van der Waals surface area contributed by atoms with Crippen molar-refractivity contribution in [2.45, 2.75) is 31.3 Å². The molecule has 1 aromatic heterocycles. The van der Waals surface area contributed by atoms with Gasteiger partial charge in [0.15, 0.2) is 0 Å². The highest BCUT2D eigenvalue weighted by molar-refractivity contribution is 7.18. The highest BCUT2D eigenvalue weighted by atomic mass is 31.0. The molecule has 0 aliphatic heterocycles. The van der Waals surface area contributed by atoms with Crippen LogP contribution in [0, 0.1) is 5.92 Å². The van der Waals surface area contributed by atoms with Crippen LogP contribution in [0.25, 0.3) is 16.5 Å². The minimum absolute atomic E-state index is 0.234. The molecule has 31 heavy (non-hydrogen) atoms. The Kier molecular flexibility index (Phi) is 7.55. The summed E-state index contributed by atoms with van der Waals surface area (Å²) in [6, 6.07) is 7.25. The van der Waals surface area contributed by atoms with Crippen LogP contribution in [0.5, 0.6) is 0 Å². The molecular weight excluding hydrogens is 421 g/mol. The Labute approximate surface area is 182 Å². The van der Waals surface area contributed by atoms with Crippen LogP contribution in [0.3, 0.4) is 0 Å². The summed E-state index contributed by atoms with van der Waals surface area (Å²) < 4.78 is 27.1. The lowest BCUT2D eigenvalue weighted by molar-refractivity contribution is 0.0326. The van der Waals surface area contributed by atoms with Crippen molar-refractivity contribution in [2.75, 3.05) is 20.1 Å². The van der Waals surface area contributed by atoms with E-state index in [2.05, 4.69) is 20.9 Å². The zero-order valence-corrected chi connectivity index (χ0v) is 18.5. The van der Waals surface area contributed by atoms with E-state index >= 15 is 0 Å². The number of rotatable bonds is 7. The Morgan fingerprint density at radius 3 is 2.71 bits per heavy atom. The van der Waals surface area contributed by atoms with E-state index in [1.54, 1.807) is 22.4 Å². The number of pyridine rings is 1. The van der Waals surface area contributed by atoms with Gasteiger partial charge in [0.25, 0.3) is 11.6 Å². The van der Waals surface area contributed by atoms with Crippen LogP contribution in [0.1, 0.15) is 41.6 Å². The molecule has 3 rings (SSSR count). The number of allylic oxidation sites excluding steroid dienone is 2. The number of amides is 3. The van der Waals surface area contributed by atoms with E-state index in [9.17, 15) is 18.4 Å². The molecule has 3 N–H and O–H groups in total. The Hall–Kier alpha value is -2.60. The average molecular weight is 448 g/mol. The fourth-order valence-electron chi connectivity index (χ4n) is 3.66. The van der Waals surface area contributed by atoms with Gasteiger partial charge in [0.2, 0.25) is 0 Å². The zero-order chi connectivity index (χ0) is 22.4. The smallest absolute Gasteiger partial charge is 0.314 e. The number of urea groups is 1. The van der Waals surface area contributed by atoms with Crippen LogP contribution in [-0.4, -0.2) is 42.7 Å². The lowest BCUT2D eigenvalue weighted by atomic mass is 9.86. The van der Waals surface area contributed by atoms with Crippen molar-refractivity contribution in [1.82, 2.24) is 20.9 Å². The number of hydrogen-bond donors (Lipinski definition) is 3. The number of nitrogens with one attached hydrogen (secondary N) is 3. The van der Waals surface area contributed by atoms with E-state index in [0.29, 0.717) is 44.3 Å². The molecule has 2 unspecified atom stereocenters. The summed E-state index contributed by atoms with van der Waals surface area (Å²) in [5.41, 5.74) is 0.403. The molecule has 1 aliphatic rings. The standard InChI is InChI=1S/C22H27F2N4O2P/c1-25-21(30)27-11-3-10-26-20(29)16-12-15-4-2-5-18(19(15)28-13-16)14-6-8-17(9-7-14)22(23,24)31/h2,4-6,12-13,17H,3,7-11,31H2,1H3,(H,26,29)(H2,25,27,30). The minimum Gasteiger partial charge on any atom is -0.352 e. The van der Waals surface area contributed by atoms with Crippen LogP contribution < -0.4 is 16.0 Å². The largest absolute Gasteiger partial charge is 0.352 e. The van der Waals surface area contributed by atoms with Gasteiger partial charge in [-0.1, -0.05) is 33.5 Å². The SMILES string of the molecule is CNC(=O)NCCCNC(=O)c1cnc2c(C3=CCC(C(F)(F)P)CC3)cccc2c1. The topological polar surface area (TPSA) is 83.1 Å². The van der Waals surface area contributed by atoms with Crippen molar-refractivity contribution in [1.29, 1.82) is 0 Å². The van der Waals surface area contributed by atoms with Gasteiger partial charge in [0.1, 0.15) is 0 Å². The minimum atomic E-state index is -2.75. The van der Waals surface area contributed by atoms with E-state index < -0.39 is 11.6 Å². The summed E-state index contributed by atoms with van der Waals surface area (Å²) in [5, 5.41) is 8.76. The molecule has 0 fully saturated rings. The number of carbonyl (C=O) groups excluding carboxylic acids is 2. The molecule has 2 atom stereocenters. The summed E-state index contributed by atoms with van der Waals surface area (Å²) in [6.07, 6.45) is 5.35. The van der Waals surface area contributed by atoms with Crippen LogP contribution in [-0.2, 0) is 0 Å². The molecular formula is C22H27F2N4O2P. The van der Waals surface area contributed by atoms with Gasteiger partial charge in [-0.2, -0.15) is 0 Å². The molecule has 0 spiro atoms. The number of benzene rings is 1. The van der Waals surface area contributed by atoms with Crippen molar-refractivity contribution in [3.63, 3.8) is 0 Å². The normalized spacial score (nSPS) is 16.5. The first-order valence-corrected chi connectivity index (χ1v) is 10.9. The van der Waals surface area contributed by atoms with Crippen molar-refractivity contribution in [3.8, 4) is 0 Å². The van der Waals surface area contributed by atoms with Gasteiger partial charge >= 0.3 is 6.03 Å². The lowest BCUT2D eigenvalue weighted by Crippen LogP contribution is -2.35. The fraction of sp³-hybridized carbons (Fsp3) is 0.409. The summed E-state index contributed by atoms with van der Waals surface area (Å²) in [6.45, 7) is 0.882. The molecule has 1 aliphatic carbocycles. The molecule has 0 saturated carbocycles. The van der Waals surface area contributed by atoms with E-state index in [1.807, 2.05) is 24.3 Å². The van der Waals surface area contributed by atoms with E-state index in [0.717, 1.165) is 22.0 Å². The van der Waals surface area contributed by atoms with E-state index in [1.165, 1.54) is 6.20 Å². The van der Waals surface area contributed by atoms with Gasteiger partial charge in [-0.15, -0.1) is 0 Å². The van der Waals surface area contributed by atoms with Crippen molar-refractivity contribution in [3.05, 3.63) is 47.7 Å². The number of aromatic nitrogens is 1. The maximum Gasteiger partial charge on any atom is 0.314 e. The second-order valence-electron chi connectivity index (χ2n) is 7.59. The maximum absolute atomic E-state index is 13.6. The molecule has 1 aromatic carbocycles. The van der Waals surface area contributed by atoms with E-state index in [4.69, 9.17) is 0 Å². The van der Waals surface area contributed by atoms with Crippen molar-refractivity contribution in [2.24, 2.45) is 5.92 Å². The van der Waals surface area contributed by atoms with Gasteiger partial charge in [0.05, 0.1) is 11.1 Å². The Bertz CT molecular complexity index is 991. The zero-order valence-electron chi connectivity index (χ0n) is 17.4. The fourth-order valence-corrected chi connectivity index (χ4v) is 3.96. The highest BCUT2D eigenvalue weighted by Crippen LogP contribution is 2.42. The summed E-state index contributed by atoms with van der Waals surface area (Å²) in [4.78, 5) is 28.0. The number of nitrogens with zero attached hydrogens (tertiary/aromatic N) is 1. The third kappa shape index (κ3) is 5.97. The van der Waals surface area contributed by atoms with Crippen LogP contribution >= 0.6 is 9.24 Å². The molecule has 9 heteroatoms. The predicted molar refractivity (Wildman–Crippen MR) is 121 cm³/mol. The van der Waals surface area contributed by atoms with Gasteiger partial charge in [0, 0.05) is 43.2 Å².